The number of carbonyl (C=O) groups is 4. The number of imide groups is 1. The first-order chi connectivity index (χ1) is 19.8. The van der Waals surface area contributed by atoms with Gasteiger partial charge in [-0.3, -0.25) is 19.3 Å². The summed E-state index contributed by atoms with van der Waals surface area (Å²) in [7, 11) is 0. The zero-order chi connectivity index (χ0) is 28.8. The molecule has 1 fully saturated rings. The number of nitrogens with one attached hydrogen (secondary N) is 1. The highest BCUT2D eigenvalue weighted by Crippen LogP contribution is 2.61. The maximum atomic E-state index is 14.1. The first-order valence-electron chi connectivity index (χ1n) is 14.3. The lowest BCUT2D eigenvalue weighted by Gasteiger charge is -2.45. The molecule has 3 aliphatic carbocycles. The number of benzene rings is 3. The van der Waals surface area contributed by atoms with E-state index in [1.54, 1.807) is 0 Å². The molecule has 210 valence electrons. The van der Waals surface area contributed by atoms with Crippen LogP contribution in [0.5, 0.6) is 0 Å². The fourth-order valence-corrected chi connectivity index (χ4v) is 7.10. The van der Waals surface area contributed by atoms with Crippen LogP contribution >= 0.6 is 0 Å². The first kappa shape index (κ1) is 26.9. The van der Waals surface area contributed by atoms with Crippen LogP contribution in [0, 0.1) is 17.8 Å². The second-order valence-electron chi connectivity index (χ2n) is 11.8. The first-order valence-corrected chi connectivity index (χ1v) is 14.3. The van der Waals surface area contributed by atoms with Crippen LogP contribution in [0.15, 0.2) is 78.9 Å². The molecule has 41 heavy (non-hydrogen) atoms. The molecule has 7 nitrogen and oxygen atoms in total. The van der Waals surface area contributed by atoms with Gasteiger partial charge in [-0.2, -0.15) is 0 Å². The topological polar surface area (TPSA) is 92.8 Å². The van der Waals surface area contributed by atoms with E-state index in [-0.39, 0.29) is 42.0 Å². The summed E-state index contributed by atoms with van der Waals surface area (Å²) in [6, 6.07) is 24.2. The molecule has 2 bridgehead atoms. The summed E-state index contributed by atoms with van der Waals surface area (Å²) in [4.78, 5) is 55.6. The van der Waals surface area contributed by atoms with Gasteiger partial charge in [0.25, 0.3) is 5.91 Å². The molecule has 0 spiro atoms. The lowest BCUT2D eigenvalue weighted by molar-refractivity contribution is -0.161. The normalized spacial score (nSPS) is 23.5. The Labute approximate surface area is 239 Å². The van der Waals surface area contributed by atoms with Crippen LogP contribution in [0.25, 0.3) is 0 Å². The summed E-state index contributed by atoms with van der Waals surface area (Å²) in [5, 5.41) is 2.84. The minimum atomic E-state index is -1.09. The molecule has 1 aliphatic heterocycles. The average molecular weight is 551 g/mol. The standard InChI is InChI=1S/C34H34N2O5/c1-19(2)17-26(34(40)41-18-27(37)35-20(3)21-11-5-4-6-12-21)36-32(38)30-28-22-13-7-8-14-23(22)29(31(30)33(36)39)25-16-10-9-15-24(25)28/h4-16,19-20,26,28-31H,17-18H2,1-3H3,(H,35,37)/t20-,26-,28?,29?,30-,31+/m1/s1. The van der Waals surface area contributed by atoms with E-state index in [2.05, 4.69) is 29.6 Å². The van der Waals surface area contributed by atoms with Gasteiger partial charge in [0, 0.05) is 11.8 Å². The SMILES string of the molecule is CC(C)C[C@H](C(=O)OCC(=O)N[C@H](C)c1ccccc1)N1C(=O)[C@@H]2C3c4ccccc4C(c4ccccc43)[C@@H]2C1=O. The number of likely N-dealkylation sites (tertiary alicyclic amines) is 1. The van der Waals surface area contributed by atoms with Gasteiger partial charge in [0.15, 0.2) is 6.61 Å². The number of esters is 1. The molecule has 3 aromatic rings. The third kappa shape index (κ3) is 4.53. The fourth-order valence-electron chi connectivity index (χ4n) is 7.10. The third-order valence-electron chi connectivity index (χ3n) is 8.78. The van der Waals surface area contributed by atoms with Gasteiger partial charge in [-0.25, -0.2) is 4.79 Å². The molecule has 1 saturated heterocycles. The Morgan fingerprint density at radius 3 is 1.68 bits per heavy atom. The van der Waals surface area contributed by atoms with Crippen molar-refractivity contribution in [3.8, 4) is 0 Å². The zero-order valence-electron chi connectivity index (χ0n) is 23.4. The highest BCUT2D eigenvalue weighted by Gasteiger charge is 2.63. The van der Waals surface area contributed by atoms with Crippen LogP contribution in [0.4, 0.5) is 0 Å². The van der Waals surface area contributed by atoms with Crippen molar-refractivity contribution in [3.05, 3.63) is 107 Å². The number of nitrogens with zero attached hydrogens (tertiary/aromatic N) is 1. The minimum absolute atomic E-state index is 0.00817. The average Bonchev–Trinajstić information content (AvgIpc) is 3.24. The number of hydrogen-bond donors (Lipinski definition) is 1. The summed E-state index contributed by atoms with van der Waals surface area (Å²) < 4.78 is 5.46. The number of ether oxygens (including phenoxy) is 1. The molecule has 3 aromatic carbocycles. The monoisotopic (exact) mass is 550 g/mol. The van der Waals surface area contributed by atoms with Crippen LogP contribution < -0.4 is 5.32 Å². The second kappa shape index (κ2) is 10.6. The van der Waals surface area contributed by atoms with E-state index in [0.29, 0.717) is 0 Å². The van der Waals surface area contributed by atoms with E-state index in [9.17, 15) is 19.2 Å². The predicted molar refractivity (Wildman–Crippen MR) is 153 cm³/mol. The van der Waals surface area contributed by atoms with E-state index in [0.717, 1.165) is 27.8 Å². The smallest absolute Gasteiger partial charge is 0.329 e. The Kier molecular flexibility index (Phi) is 6.98. The summed E-state index contributed by atoms with van der Waals surface area (Å²) in [5.74, 6) is -3.48. The third-order valence-corrected chi connectivity index (χ3v) is 8.78. The molecule has 1 heterocycles. The molecule has 3 amide bonds. The summed E-state index contributed by atoms with van der Waals surface area (Å²) in [6.07, 6.45) is 0.257. The highest BCUT2D eigenvalue weighted by atomic mass is 16.5. The van der Waals surface area contributed by atoms with Crippen molar-refractivity contribution in [2.24, 2.45) is 17.8 Å². The molecule has 0 radical (unpaired) electrons. The van der Waals surface area contributed by atoms with Crippen LogP contribution in [0.1, 0.15) is 72.9 Å². The Hall–Kier alpha value is -4.26. The quantitative estimate of drug-likeness (QED) is 0.324. The zero-order valence-corrected chi connectivity index (χ0v) is 23.4. The van der Waals surface area contributed by atoms with Gasteiger partial charge in [-0.1, -0.05) is 92.7 Å². The molecule has 0 unspecified atom stereocenters. The molecule has 0 saturated carbocycles. The molecular weight excluding hydrogens is 516 g/mol. The van der Waals surface area contributed by atoms with Gasteiger partial charge in [-0.15, -0.1) is 0 Å². The fraction of sp³-hybridized carbons (Fsp3) is 0.353. The van der Waals surface area contributed by atoms with Gasteiger partial charge in [0.2, 0.25) is 11.8 Å². The van der Waals surface area contributed by atoms with E-state index in [1.165, 1.54) is 4.90 Å². The Morgan fingerprint density at radius 1 is 0.756 bits per heavy atom. The number of rotatable bonds is 8. The van der Waals surface area contributed by atoms with E-state index in [1.807, 2.05) is 75.4 Å². The number of amides is 3. The van der Waals surface area contributed by atoms with Crippen LogP contribution in [0.2, 0.25) is 0 Å². The van der Waals surface area contributed by atoms with Gasteiger partial charge >= 0.3 is 5.97 Å². The van der Waals surface area contributed by atoms with Gasteiger partial charge in [0.05, 0.1) is 17.9 Å². The van der Waals surface area contributed by atoms with Crippen molar-refractivity contribution >= 4 is 23.7 Å². The van der Waals surface area contributed by atoms with Crippen molar-refractivity contribution in [3.63, 3.8) is 0 Å². The largest absolute Gasteiger partial charge is 0.454 e. The van der Waals surface area contributed by atoms with Crippen molar-refractivity contribution in [2.75, 3.05) is 6.61 Å². The highest BCUT2D eigenvalue weighted by molar-refractivity contribution is 6.10. The Balaban J connectivity index is 1.25. The maximum Gasteiger partial charge on any atom is 0.329 e. The van der Waals surface area contributed by atoms with Crippen molar-refractivity contribution < 1.29 is 23.9 Å². The van der Waals surface area contributed by atoms with Gasteiger partial charge in [0.1, 0.15) is 6.04 Å². The van der Waals surface area contributed by atoms with Crippen LogP contribution in [-0.4, -0.2) is 41.2 Å². The number of hydrogen-bond acceptors (Lipinski definition) is 5. The van der Waals surface area contributed by atoms with Crippen LogP contribution in [-0.2, 0) is 23.9 Å². The predicted octanol–water partition coefficient (Wildman–Crippen LogP) is 4.71. The number of carbonyl (C=O) groups excluding carboxylic acids is 4. The van der Waals surface area contributed by atoms with Crippen molar-refractivity contribution in [1.82, 2.24) is 10.2 Å². The summed E-state index contributed by atoms with van der Waals surface area (Å²) in [6.45, 7) is 5.23. The van der Waals surface area contributed by atoms with Crippen molar-refractivity contribution in [1.29, 1.82) is 0 Å². The van der Waals surface area contributed by atoms with E-state index < -0.39 is 36.4 Å². The lowest BCUT2D eigenvalue weighted by atomic mass is 9.55. The van der Waals surface area contributed by atoms with Crippen LogP contribution in [0.3, 0.4) is 0 Å². The molecule has 7 rings (SSSR count). The molecule has 4 atom stereocenters. The van der Waals surface area contributed by atoms with E-state index >= 15 is 0 Å². The van der Waals surface area contributed by atoms with E-state index in [4.69, 9.17) is 4.74 Å². The molecule has 0 aromatic heterocycles. The Morgan fingerprint density at radius 2 is 1.22 bits per heavy atom. The summed E-state index contributed by atoms with van der Waals surface area (Å²) >= 11 is 0. The molecule has 7 heteroatoms. The van der Waals surface area contributed by atoms with Crippen molar-refractivity contribution in [2.45, 2.75) is 51.1 Å². The van der Waals surface area contributed by atoms with Gasteiger partial charge < -0.3 is 10.1 Å². The summed E-state index contributed by atoms with van der Waals surface area (Å²) in [5.41, 5.74) is 5.23. The lowest BCUT2D eigenvalue weighted by Crippen LogP contribution is -2.47. The molecular formula is C34H34N2O5. The minimum Gasteiger partial charge on any atom is -0.454 e. The Bertz CT molecular complexity index is 1400. The second-order valence-corrected chi connectivity index (χ2v) is 11.8. The van der Waals surface area contributed by atoms with Gasteiger partial charge in [-0.05, 0) is 47.1 Å². The molecule has 1 N–H and O–H groups in total. The maximum absolute atomic E-state index is 14.1. The molecule has 4 aliphatic rings.